The molecule has 0 aromatic carbocycles. The SMILES string of the molecule is CC1=CC2=NC(C/C(=N/O)c3ccncc3)C(C/C(=N/O)c3ccncc3)=NC2=CC1C. The molecule has 2 aromatic rings. The van der Waals surface area contributed by atoms with Gasteiger partial charge in [-0.2, -0.15) is 0 Å². The van der Waals surface area contributed by atoms with Gasteiger partial charge in [0.25, 0.3) is 0 Å². The zero-order valence-corrected chi connectivity index (χ0v) is 17.9. The van der Waals surface area contributed by atoms with Crippen LogP contribution in [0.2, 0.25) is 0 Å². The summed E-state index contributed by atoms with van der Waals surface area (Å²) in [4.78, 5) is 17.9. The zero-order chi connectivity index (χ0) is 22.5. The molecule has 2 unspecified atom stereocenters. The summed E-state index contributed by atoms with van der Waals surface area (Å²) < 4.78 is 0. The van der Waals surface area contributed by atoms with Crippen molar-refractivity contribution in [3.05, 3.63) is 83.6 Å². The monoisotopic (exact) mass is 428 g/mol. The minimum absolute atomic E-state index is 0.267. The summed E-state index contributed by atoms with van der Waals surface area (Å²) >= 11 is 0. The lowest BCUT2D eigenvalue weighted by Crippen LogP contribution is -2.31. The van der Waals surface area contributed by atoms with Crippen LogP contribution in [0.5, 0.6) is 0 Å². The molecule has 162 valence electrons. The topological polar surface area (TPSA) is 116 Å². The summed E-state index contributed by atoms with van der Waals surface area (Å²) in [6.07, 6.45) is 11.4. The molecule has 0 saturated heterocycles. The summed E-state index contributed by atoms with van der Waals surface area (Å²) in [5, 5.41) is 26.4. The van der Waals surface area contributed by atoms with Crippen LogP contribution < -0.4 is 0 Å². The predicted octanol–water partition coefficient (Wildman–Crippen LogP) is 4.06. The maximum atomic E-state index is 9.70. The molecule has 0 radical (unpaired) electrons. The van der Waals surface area contributed by atoms with Crippen molar-refractivity contribution in [2.75, 3.05) is 0 Å². The van der Waals surface area contributed by atoms with E-state index < -0.39 is 0 Å². The number of nitrogens with zero attached hydrogens (tertiary/aromatic N) is 6. The van der Waals surface area contributed by atoms with E-state index in [0.29, 0.717) is 24.3 Å². The molecule has 32 heavy (non-hydrogen) atoms. The lowest BCUT2D eigenvalue weighted by Gasteiger charge is -2.26. The van der Waals surface area contributed by atoms with Crippen LogP contribution in [0.3, 0.4) is 0 Å². The number of pyridine rings is 2. The van der Waals surface area contributed by atoms with E-state index in [1.54, 1.807) is 49.1 Å². The highest BCUT2D eigenvalue weighted by molar-refractivity contribution is 6.20. The Labute approximate surface area is 186 Å². The van der Waals surface area contributed by atoms with E-state index >= 15 is 0 Å². The summed E-state index contributed by atoms with van der Waals surface area (Å²) in [6.45, 7) is 4.20. The first-order valence-electron chi connectivity index (χ1n) is 10.4. The summed E-state index contributed by atoms with van der Waals surface area (Å²) in [5.41, 5.74) is 6.05. The van der Waals surface area contributed by atoms with Crippen LogP contribution in [0.15, 0.2) is 92.8 Å². The third-order valence-corrected chi connectivity index (χ3v) is 5.70. The molecule has 8 nitrogen and oxygen atoms in total. The molecule has 0 amide bonds. The molecule has 2 aliphatic rings. The minimum atomic E-state index is -0.378. The average molecular weight is 428 g/mol. The molecule has 0 bridgehead atoms. The Morgan fingerprint density at radius 1 is 0.938 bits per heavy atom. The maximum absolute atomic E-state index is 9.70. The number of hydrogen-bond acceptors (Lipinski definition) is 8. The van der Waals surface area contributed by atoms with Crippen molar-refractivity contribution >= 4 is 22.8 Å². The number of aromatic nitrogens is 2. The van der Waals surface area contributed by atoms with Crippen LogP contribution in [0.25, 0.3) is 0 Å². The first-order chi connectivity index (χ1) is 15.6. The Morgan fingerprint density at radius 2 is 1.53 bits per heavy atom. The van der Waals surface area contributed by atoms with Gasteiger partial charge in [0.15, 0.2) is 0 Å². The van der Waals surface area contributed by atoms with E-state index in [4.69, 9.17) is 9.98 Å². The fourth-order valence-corrected chi connectivity index (χ4v) is 3.72. The van der Waals surface area contributed by atoms with Crippen LogP contribution in [-0.2, 0) is 0 Å². The van der Waals surface area contributed by atoms with Gasteiger partial charge in [0.05, 0.1) is 28.9 Å². The highest BCUT2D eigenvalue weighted by atomic mass is 16.4. The van der Waals surface area contributed by atoms with Crippen LogP contribution in [0.4, 0.5) is 0 Å². The van der Waals surface area contributed by atoms with Crippen molar-refractivity contribution < 1.29 is 10.4 Å². The quantitative estimate of drug-likeness (QED) is 0.410. The number of hydrogen-bond donors (Lipinski definition) is 2. The van der Waals surface area contributed by atoms with Gasteiger partial charge in [0.2, 0.25) is 0 Å². The molecule has 4 rings (SSSR count). The van der Waals surface area contributed by atoms with Crippen LogP contribution >= 0.6 is 0 Å². The number of aliphatic imine (C=N–C) groups is 2. The van der Waals surface area contributed by atoms with Crippen LogP contribution in [0, 0.1) is 5.92 Å². The van der Waals surface area contributed by atoms with Crippen molar-refractivity contribution in [1.82, 2.24) is 9.97 Å². The fourth-order valence-electron chi connectivity index (χ4n) is 3.72. The molecule has 1 aliphatic heterocycles. The molecule has 0 fully saturated rings. The van der Waals surface area contributed by atoms with Crippen molar-refractivity contribution in [1.29, 1.82) is 0 Å². The molecule has 2 N–H and O–H groups in total. The largest absolute Gasteiger partial charge is 0.411 e. The van der Waals surface area contributed by atoms with Gasteiger partial charge >= 0.3 is 0 Å². The van der Waals surface area contributed by atoms with Crippen molar-refractivity contribution in [3.8, 4) is 0 Å². The van der Waals surface area contributed by atoms with Gasteiger partial charge in [-0.05, 0) is 49.3 Å². The molecule has 0 saturated carbocycles. The molecule has 2 atom stereocenters. The van der Waals surface area contributed by atoms with Gasteiger partial charge in [-0.25, -0.2) is 0 Å². The molecule has 1 aliphatic carbocycles. The molecule has 2 aromatic heterocycles. The smallest absolute Gasteiger partial charge is 0.0949 e. The fraction of sp³-hybridized carbons (Fsp3) is 0.250. The third kappa shape index (κ3) is 4.54. The van der Waals surface area contributed by atoms with Gasteiger partial charge in [-0.15, -0.1) is 0 Å². The number of rotatable bonds is 6. The third-order valence-electron chi connectivity index (χ3n) is 5.70. The Hall–Kier alpha value is -3.94. The molecule has 8 heteroatoms. The standard InChI is InChI=1S/C24H24N6O2/c1-15-11-21-22(12-16(15)2)28-24(14-20(30-32)18-5-9-26-10-6-18)23(27-21)13-19(29-31)17-3-7-25-8-4-17/h3-12,15,24,31-32H,13-14H2,1-2H3/b29-19-,30-20-. The summed E-state index contributed by atoms with van der Waals surface area (Å²) in [6, 6.07) is 6.77. The van der Waals surface area contributed by atoms with E-state index in [1.807, 2.05) is 0 Å². The second kappa shape index (κ2) is 9.47. The molecular formula is C24H24N6O2. The average Bonchev–Trinajstić information content (AvgIpc) is 2.83. The highest BCUT2D eigenvalue weighted by Gasteiger charge is 2.28. The second-order valence-corrected chi connectivity index (χ2v) is 7.81. The van der Waals surface area contributed by atoms with E-state index in [2.05, 4.69) is 46.3 Å². The van der Waals surface area contributed by atoms with Gasteiger partial charge in [0.1, 0.15) is 0 Å². The van der Waals surface area contributed by atoms with E-state index in [-0.39, 0.29) is 12.0 Å². The number of allylic oxidation sites excluding steroid dienone is 3. The predicted molar refractivity (Wildman–Crippen MR) is 124 cm³/mol. The summed E-state index contributed by atoms with van der Waals surface area (Å²) in [5.74, 6) is 0.267. The first kappa shape index (κ1) is 21.3. The Kier molecular flexibility index (Phi) is 6.30. The van der Waals surface area contributed by atoms with Gasteiger partial charge < -0.3 is 10.4 Å². The van der Waals surface area contributed by atoms with E-state index in [1.165, 1.54) is 5.57 Å². The Bertz CT molecular complexity index is 1160. The van der Waals surface area contributed by atoms with Crippen molar-refractivity contribution in [3.63, 3.8) is 0 Å². The molecule has 0 spiro atoms. The lowest BCUT2D eigenvalue weighted by atomic mass is 9.90. The summed E-state index contributed by atoms with van der Waals surface area (Å²) in [7, 11) is 0. The van der Waals surface area contributed by atoms with E-state index in [0.717, 1.165) is 28.2 Å². The van der Waals surface area contributed by atoms with Crippen molar-refractivity contribution in [2.45, 2.75) is 32.7 Å². The van der Waals surface area contributed by atoms with Gasteiger partial charge in [0, 0.05) is 54.5 Å². The Morgan fingerprint density at radius 3 is 2.12 bits per heavy atom. The first-order valence-corrected chi connectivity index (χ1v) is 10.4. The highest BCUT2D eigenvalue weighted by Crippen LogP contribution is 2.28. The maximum Gasteiger partial charge on any atom is 0.0949 e. The normalized spacial score (nSPS) is 21.2. The van der Waals surface area contributed by atoms with Gasteiger partial charge in [-0.1, -0.05) is 22.8 Å². The van der Waals surface area contributed by atoms with E-state index in [9.17, 15) is 10.4 Å². The van der Waals surface area contributed by atoms with Crippen molar-refractivity contribution in [2.24, 2.45) is 26.2 Å². The minimum Gasteiger partial charge on any atom is -0.411 e. The number of oxime groups is 2. The van der Waals surface area contributed by atoms with Crippen LogP contribution in [-0.4, -0.2) is 49.3 Å². The number of fused-ring (bicyclic) bond motifs is 1. The Balaban J connectivity index is 1.69. The van der Waals surface area contributed by atoms with Crippen LogP contribution in [0.1, 0.15) is 37.8 Å². The molecular weight excluding hydrogens is 404 g/mol. The zero-order valence-electron chi connectivity index (χ0n) is 17.9. The van der Waals surface area contributed by atoms with Gasteiger partial charge in [-0.3, -0.25) is 20.0 Å². The second-order valence-electron chi connectivity index (χ2n) is 7.81. The molecule has 3 heterocycles. The lowest BCUT2D eigenvalue weighted by molar-refractivity contribution is 0.317.